The summed E-state index contributed by atoms with van der Waals surface area (Å²) in [4.78, 5) is 13.9. The molecule has 2 aromatic rings. The molecule has 2 saturated heterocycles. The third-order valence-corrected chi connectivity index (χ3v) is 7.41. The number of alkyl halides is 3. The largest absolute Gasteiger partial charge is 0.494 e. The summed E-state index contributed by atoms with van der Waals surface area (Å²) in [5.74, 6) is -1.98. The van der Waals surface area contributed by atoms with E-state index in [1.165, 1.54) is 43.6 Å². The van der Waals surface area contributed by atoms with E-state index in [-0.39, 0.29) is 11.4 Å². The van der Waals surface area contributed by atoms with Gasteiger partial charge >= 0.3 is 12.1 Å². The summed E-state index contributed by atoms with van der Waals surface area (Å²) in [6.07, 6.45) is 1.94. The highest BCUT2D eigenvalue weighted by atomic mass is 19.4. The number of halogens is 4. The van der Waals surface area contributed by atoms with Crippen molar-refractivity contribution in [1.29, 1.82) is 0 Å². The number of piperidine rings is 2. The Hall–Kier alpha value is -2.85. The molecular formula is C28H34F4N2O4. The van der Waals surface area contributed by atoms with Crippen LogP contribution in [-0.4, -0.2) is 61.5 Å². The normalized spacial score (nSPS) is 19.0. The summed E-state index contributed by atoms with van der Waals surface area (Å²) < 4.78 is 57.4. The van der Waals surface area contributed by atoms with Crippen molar-refractivity contribution in [3.63, 3.8) is 0 Å². The van der Waals surface area contributed by atoms with Crippen molar-refractivity contribution >= 4 is 11.7 Å². The van der Waals surface area contributed by atoms with Crippen LogP contribution >= 0.6 is 0 Å². The molecule has 0 radical (unpaired) electrons. The molecule has 0 unspecified atom stereocenters. The number of benzene rings is 2. The number of likely N-dealkylation sites (tertiary alicyclic amines) is 1. The van der Waals surface area contributed by atoms with Crippen molar-refractivity contribution in [1.82, 2.24) is 4.90 Å². The fraction of sp³-hybridized carbons (Fsp3) is 0.536. The lowest BCUT2D eigenvalue weighted by molar-refractivity contribution is -0.192. The summed E-state index contributed by atoms with van der Waals surface area (Å²) in [7, 11) is 0. The van der Waals surface area contributed by atoms with Gasteiger partial charge in [-0.3, -0.25) is 0 Å². The molecular weight excluding hydrogens is 504 g/mol. The van der Waals surface area contributed by atoms with Crippen LogP contribution in [0.15, 0.2) is 42.5 Å². The number of aliphatic carboxylic acids is 1. The first-order valence-electron chi connectivity index (χ1n) is 13.1. The average molecular weight is 539 g/mol. The Morgan fingerprint density at radius 2 is 1.66 bits per heavy atom. The number of hydrogen-bond acceptors (Lipinski definition) is 5. The van der Waals surface area contributed by atoms with Crippen LogP contribution in [0, 0.1) is 5.82 Å². The quantitative estimate of drug-likeness (QED) is 0.374. The van der Waals surface area contributed by atoms with Crippen molar-refractivity contribution in [3.8, 4) is 5.75 Å². The molecule has 0 aliphatic carbocycles. The fourth-order valence-corrected chi connectivity index (χ4v) is 5.37. The molecule has 0 atom stereocenters. The van der Waals surface area contributed by atoms with Gasteiger partial charge in [0.25, 0.3) is 0 Å². The summed E-state index contributed by atoms with van der Waals surface area (Å²) in [6.45, 7) is 6.82. The van der Waals surface area contributed by atoms with E-state index < -0.39 is 12.1 Å². The van der Waals surface area contributed by atoms with Gasteiger partial charge in [0.05, 0.1) is 18.8 Å². The average Bonchev–Trinajstić information content (AvgIpc) is 3.24. The van der Waals surface area contributed by atoms with Gasteiger partial charge in [0.15, 0.2) is 0 Å². The van der Waals surface area contributed by atoms with Crippen LogP contribution in [0.3, 0.4) is 0 Å². The summed E-state index contributed by atoms with van der Waals surface area (Å²) in [5, 5.41) is 7.12. The fourth-order valence-electron chi connectivity index (χ4n) is 5.37. The van der Waals surface area contributed by atoms with Gasteiger partial charge < -0.3 is 24.4 Å². The highest BCUT2D eigenvalue weighted by Crippen LogP contribution is 2.45. The Labute approximate surface area is 220 Å². The third-order valence-electron chi connectivity index (χ3n) is 7.41. The second-order valence-corrected chi connectivity index (χ2v) is 9.97. The second kappa shape index (κ2) is 12.3. The van der Waals surface area contributed by atoms with Gasteiger partial charge in [-0.15, -0.1) is 0 Å². The number of fused-ring (bicyclic) bond motifs is 2. The van der Waals surface area contributed by atoms with Crippen LogP contribution in [0.4, 0.5) is 23.2 Å². The van der Waals surface area contributed by atoms with Crippen LogP contribution in [0.1, 0.15) is 49.7 Å². The Morgan fingerprint density at radius 3 is 2.29 bits per heavy atom. The SMILES string of the molecule is Fc1ccc2c(c1)COC21CCN(c2ccc(OCCCN3CCCCC3)cc2)CC1.O=C(O)C(F)(F)F. The molecule has 10 heteroatoms. The topological polar surface area (TPSA) is 62.2 Å². The van der Waals surface area contributed by atoms with E-state index in [1.807, 2.05) is 6.07 Å². The van der Waals surface area contributed by atoms with Gasteiger partial charge in [0, 0.05) is 25.3 Å². The number of anilines is 1. The van der Waals surface area contributed by atoms with Crippen LogP contribution in [-0.2, 0) is 21.7 Å². The monoisotopic (exact) mass is 538 g/mol. The van der Waals surface area contributed by atoms with E-state index in [1.54, 1.807) is 12.1 Å². The number of carboxylic acid groups (broad SMARTS) is 1. The van der Waals surface area contributed by atoms with Gasteiger partial charge in [-0.1, -0.05) is 12.5 Å². The maximum Gasteiger partial charge on any atom is 0.490 e. The van der Waals surface area contributed by atoms with E-state index >= 15 is 0 Å². The molecule has 1 N–H and O–H groups in total. The minimum atomic E-state index is -5.08. The Bertz CT molecular complexity index is 1060. The summed E-state index contributed by atoms with van der Waals surface area (Å²) in [5.41, 5.74) is 3.18. The van der Waals surface area contributed by atoms with Gasteiger partial charge in [-0.2, -0.15) is 13.2 Å². The predicted octanol–water partition coefficient (Wildman–Crippen LogP) is 5.74. The number of nitrogens with zero attached hydrogens (tertiary/aromatic N) is 2. The zero-order valence-electron chi connectivity index (χ0n) is 21.3. The molecule has 6 nitrogen and oxygen atoms in total. The highest BCUT2D eigenvalue weighted by Gasteiger charge is 2.42. The lowest BCUT2D eigenvalue weighted by Gasteiger charge is -2.40. The van der Waals surface area contributed by atoms with Gasteiger partial charge in [-0.25, -0.2) is 9.18 Å². The first-order chi connectivity index (χ1) is 18.2. The standard InChI is InChI=1S/C26H33FN2O2.C2HF3O2/c27-22-5-10-25-21(19-22)20-31-26(25)11-16-29(17-12-26)23-6-8-24(9-7-23)30-18-4-15-28-13-2-1-3-14-28;3-2(4,5)1(6)7/h5-10,19H,1-4,11-18,20H2;(H,6,7). The first kappa shape index (κ1) is 28.2. The summed E-state index contributed by atoms with van der Waals surface area (Å²) >= 11 is 0. The number of ether oxygens (including phenoxy) is 2. The molecule has 0 bridgehead atoms. The molecule has 1 spiro atoms. The second-order valence-electron chi connectivity index (χ2n) is 9.97. The molecule has 0 amide bonds. The Kier molecular flexibility index (Phi) is 9.15. The molecule has 3 aliphatic heterocycles. The molecule has 0 aromatic heterocycles. The van der Waals surface area contributed by atoms with Crippen molar-refractivity contribution in [2.45, 2.75) is 56.9 Å². The third kappa shape index (κ3) is 7.17. The van der Waals surface area contributed by atoms with Gasteiger partial charge in [0.2, 0.25) is 0 Å². The Balaban J connectivity index is 0.000000426. The first-order valence-corrected chi connectivity index (χ1v) is 13.1. The lowest BCUT2D eigenvalue weighted by Crippen LogP contribution is -2.42. The van der Waals surface area contributed by atoms with E-state index in [0.717, 1.165) is 56.8 Å². The van der Waals surface area contributed by atoms with Crippen LogP contribution in [0.2, 0.25) is 0 Å². The lowest BCUT2D eigenvalue weighted by atomic mass is 9.83. The zero-order chi connectivity index (χ0) is 27.2. The van der Waals surface area contributed by atoms with Crippen molar-refractivity contribution < 1.29 is 36.9 Å². The maximum absolute atomic E-state index is 13.5. The molecule has 3 heterocycles. The molecule has 3 aliphatic rings. The minimum absolute atomic E-state index is 0.175. The number of carbonyl (C=O) groups is 1. The molecule has 0 saturated carbocycles. The molecule has 5 rings (SSSR count). The van der Waals surface area contributed by atoms with Gasteiger partial charge in [-0.05, 0) is 92.7 Å². The number of hydrogen-bond donors (Lipinski definition) is 1. The van der Waals surface area contributed by atoms with E-state index in [9.17, 15) is 17.6 Å². The van der Waals surface area contributed by atoms with E-state index in [2.05, 4.69) is 34.1 Å². The Morgan fingerprint density at radius 1 is 1.00 bits per heavy atom. The van der Waals surface area contributed by atoms with E-state index in [4.69, 9.17) is 19.4 Å². The van der Waals surface area contributed by atoms with Crippen molar-refractivity contribution in [2.75, 3.05) is 44.2 Å². The predicted molar refractivity (Wildman–Crippen MR) is 135 cm³/mol. The van der Waals surface area contributed by atoms with Crippen LogP contribution in [0.25, 0.3) is 0 Å². The minimum Gasteiger partial charge on any atom is -0.494 e. The molecule has 38 heavy (non-hydrogen) atoms. The summed E-state index contributed by atoms with van der Waals surface area (Å²) in [6, 6.07) is 13.6. The van der Waals surface area contributed by atoms with E-state index in [0.29, 0.717) is 6.61 Å². The zero-order valence-corrected chi connectivity index (χ0v) is 21.3. The van der Waals surface area contributed by atoms with Crippen LogP contribution in [0.5, 0.6) is 5.75 Å². The molecule has 2 aromatic carbocycles. The maximum atomic E-state index is 13.5. The van der Waals surface area contributed by atoms with Crippen LogP contribution < -0.4 is 9.64 Å². The molecule has 2 fully saturated rings. The smallest absolute Gasteiger partial charge is 0.490 e. The number of rotatable bonds is 6. The number of carboxylic acids is 1. The van der Waals surface area contributed by atoms with Gasteiger partial charge in [0.1, 0.15) is 11.6 Å². The van der Waals surface area contributed by atoms with Crippen molar-refractivity contribution in [2.24, 2.45) is 0 Å². The molecule has 208 valence electrons. The van der Waals surface area contributed by atoms with Crippen molar-refractivity contribution in [3.05, 3.63) is 59.4 Å². The highest BCUT2D eigenvalue weighted by molar-refractivity contribution is 5.73.